The first-order valence-corrected chi connectivity index (χ1v) is 6.78. The Morgan fingerprint density at radius 2 is 2.06 bits per heavy atom. The van der Waals surface area contributed by atoms with Gasteiger partial charge in [-0.15, -0.1) is 0 Å². The Bertz CT molecular complexity index is 415. The molecule has 1 aliphatic rings. The summed E-state index contributed by atoms with van der Waals surface area (Å²) in [5.41, 5.74) is 1.11. The molecule has 0 aliphatic carbocycles. The van der Waals surface area contributed by atoms with Gasteiger partial charge in [0.25, 0.3) is 0 Å². The Morgan fingerprint density at radius 3 is 2.67 bits per heavy atom. The predicted octanol–water partition coefficient (Wildman–Crippen LogP) is 3.54. The quantitative estimate of drug-likeness (QED) is 0.884. The number of likely N-dealkylation sites (tertiary alicyclic amines) is 1. The van der Waals surface area contributed by atoms with Crippen molar-refractivity contribution < 1.29 is 9.50 Å². The van der Waals surface area contributed by atoms with Crippen LogP contribution in [0, 0.1) is 11.2 Å². The van der Waals surface area contributed by atoms with E-state index in [1.54, 1.807) is 0 Å². The average Bonchev–Trinajstić information content (AvgIpc) is 2.78. The first-order valence-electron chi connectivity index (χ1n) is 6.78. The van der Waals surface area contributed by atoms with E-state index in [0.29, 0.717) is 17.5 Å². The molecule has 0 radical (unpaired) electrons. The van der Waals surface area contributed by atoms with Crippen molar-refractivity contribution in [2.45, 2.75) is 39.7 Å². The van der Waals surface area contributed by atoms with Crippen molar-refractivity contribution in [3.05, 3.63) is 29.6 Å². The Hall–Kier alpha value is -1.09. The molecular formula is C15H22FNO. The lowest BCUT2D eigenvalue weighted by atomic mass is 9.82. The molecule has 18 heavy (non-hydrogen) atoms. The number of benzene rings is 1. The summed E-state index contributed by atoms with van der Waals surface area (Å²) in [7, 11) is 0. The molecule has 0 saturated carbocycles. The smallest absolute Gasteiger partial charge is 0.123 e. The summed E-state index contributed by atoms with van der Waals surface area (Å²) in [6, 6.07) is 4.17. The van der Waals surface area contributed by atoms with Crippen LogP contribution in [0.3, 0.4) is 0 Å². The van der Waals surface area contributed by atoms with E-state index in [9.17, 15) is 9.50 Å². The highest BCUT2D eigenvalue weighted by molar-refractivity contribution is 5.32. The molecular weight excluding hydrogens is 229 g/mol. The zero-order valence-corrected chi connectivity index (χ0v) is 11.2. The standard InChI is InChI=1S/C15H22FNO/c1-3-15(4-2)7-8-17(11-15)10-12-9-13(16)5-6-14(12)18/h5-6,9,18H,3-4,7-8,10-11H2,1-2H3. The molecule has 0 unspecified atom stereocenters. The number of aromatic hydroxyl groups is 1. The molecule has 2 rings (SSSR count). The van der Waals surface area contributed by atoms with Crippen LogP contribution in [0.1, 0.15) is 38.7 Å². The van der Waals surface area contributed by atoms with Gasteiger partial charge >= 0.3 is 0 Å². The summed E-state index contributed by atoms with van der Waals surface area (Å²) in [5, 5.41) is 9.75. The first-order chi connectivity index (χ1) is 8.58. The van der Waals surface area contributed by atoms with Crippen LogP contribution in [0.15, 0.2) is 18.2 Å². The Kier molecular flexibility index (Phi) is 3.91. The highest BCUT2D eigenvalue weighted by atomic mass is 19.1. The maximum atomic E-state index is 13.2. The van der Waals surface area contributed by atoms with Crippen molar-refractivity contribution in [2.24, 2.45) is 5.41 Å². The van der Waals surface area contributed by atoms with Crippen molar-refractivity contribution in [1.29, 1.82) is 0 Å². The van der Waals surface area contributed by atoms with Gasteiger partial charge in [-0.3, -0.25) is 4.90 Å². The molecule has 0 bridgehead atoms. The van der Waals surface area contributed by atoms with Crippen molar-refractivity contribution in [1.82, 2.24) is 4.90 Å². The molecule has 0 atom stereocenters. The lowest BCUT2D eigenvalue weighted by molar-refractivity contribution is 0.234. The summed E-state index contributed by atoms with van der Waals surface area (Å²) in [6.07, 6.45) is 3.58. The number of phenols is 1. The molecule has 1 saturated heterocycles. The van der Waals surface area contributed by atoms with E-state index in [2.05, 4.69) is 18.7 Å². The molecule has 2 nitrogen and oxygen atoms in total. The third-order valence-electron chi connectivity index (χ3n) is 4.45. The number of halogens is 1. The van der Waals surface area contributed by atoms with Crippen LogP contribution >= 0.6 is 0 Å². The number of phenolic OH excluding ortho intramolecular Hbond substituents is 1. The van der Waals surface area contributed by atoms with Crippen molar-refractivity contribution in [3.8, 4) is 5.75 Å². The molecule has 0 aromatic heterocycles. The Morgan fingerprint density at radius 1 is 1.33 bits per heavy atom. The van der Waals surface area contributed by atoms with Crippen molar-refractivity contribution >= 4 is 0 Å². The third kappa shape index (κ3) is 2.66. The summed E-state index contributed by atoms with van der Waals surface area (Å²) in [6.45, 7) is 7.22. The lowest BCUT2D eigenvalue weighted by Crippen LogP contribution is -2.26. The van der Waals surface area contributed by atoms with E-state index < -0.39 is 0 Å². The summed E-state index contributed by atoms with van der Waals surface area (Å²) < 4.78 is 13.2. The second-order valence-corrected chi connectivity index (χ2v) is 5.44. The van der Waals surface area contributed by atoms with E-state index in [4.69, 9.17) is 0 Å². The van der Waals surface area contributed by atoms with E-state index in [1.165, 1.54) is 37.5 Å². The number of rotatable bonds is 4. The maximum absolute atomic E-state index is 13.2. The molecule has 1 aliphatic heterocycles. The molecule has 1 aromatic rings. The minimum Gasteiger partial charge on any atom is -0.508 e. The van der Waals surface area contributed by atoms with Gasteiger partial charge in [-0.25, -0.2) is 4.39 Å². The molecule has 3 heteroatoms. The monoisotopic (exact) mass is 251 g/mol. The number of hydrogen-bond acceptors (Lipinski definition) is 2. The van der Waals surface area contributed by atoms with Crippen molar-refractivity contribution in [3.63, 3.8) is 0 Å². The van der Waals surface area contributed by atoms with E-state index in [0.717, 1.165) is 13.1 Å². The van der Waals surface area contributed by atoms with E-state index in [1.807, 2.05) is 0 Å². The molecule has 1 heterocycles. The van der Waals surface area contributed by atoms with Gasteiger partial charge in [-0.1, -0.05) is 13.8 Å². The van der Waals surface area contributed by atoms with Gasteiger partial charge < -0.3 is 5.11 Å². The molecule has 1 aromatic carbocycles. The fourth-order valence-electron chi connectivity index (χ4n) is 2.91. The zero-order valence-electron chi connectivity index (χ0n) is 11.2. The zero-order chi connectivity index (χ0) is 13.2. The Labute approximate surface area is 108 Å². The lowest BCUT2D eigenvalue weighted by Gasteiger charge is -2.26. The fraction of sp³-hybridized carbons (Fsp3) is 0.600. The van der Waals surface area contributed by atoms with Gasteiger partial charge in [0.1, 0.15) is 11.6 Å². The third-order valence-corrected chi connectivity index (χ3v) is 4.45. The Balaban J connectivity index is 2.05. The highest BCUT2D eigenvalue weighted by Gasteiger charge is 2.34. The van der Waals surface area contributed by atoms with Gasteiger partial charge in [-0.05, 0) is 49.4 Å². The first kappa shape index (κ1) is 13.3. The van der Waals surface area contributed by atoms with Crippen molar-refractivity contribution in [2.75, 3.05) is 13.1 Å². The molecule has 1 fully saturated rings. The normalized spacial score (nSPS) is 19.3. The second-order valence-electron chi connectivity index (χ2n) is 5.44. The average molecular weight is 251 g/mol. The minimum absolute atomic E-state index is 0.196. The predicted molar refractivity (Wildman–Crippen MR) is 71.0 cm³/mol. The van der Waals surface area contributed by atoms with E-state index in [-0.39, 0.29) is 11.6 Å². The number of hydrogen-bond donors (Lipinski definition) is 1. The van der Waals surface area contributed by atoms with Crippen LogP contribution in [0.4, 0.5) is 4.39 Å². The van der Waals surface area contributed by atoms with Crippen LogP contribution in [0.5, 0.6) is 5.75 Å². The largest absolute Gasteiger partial charge is 0.508 e. The summed E-state index contributed by atoms with van der Waals surface area (Å²) in [4.78, 5) is 2.32. The second kappa shape index (κ2) is 5.27. The van der Waals surface area contributed by atoms with Gasteiger partial charge in [0, 0.05) is 18.7 Å². The van der Waals surface area contributed by atoms with Crippen LogP contribution in [-0.4, -0.2) is 23.1 Å². The molecule has 100 valence electrons. The van der Waals surface area contributed by atoms with Gasteiger partial charge in [0.2, 0.25) is 0 Å². The minimum atomic E-state index is -0.278. The molecule has 0 amide bonds. The van der Waals surface area contributed by atoms with Crippen LogP contribution in [0.2, 0.25) is 0 Å². The van der Waals surface area contributed by atoms with Crippen LogP contribution in [-0.2, 0) is 6.54 Å². The molecule has 1 N–H and O–H groups in total. The van der Waals surface area contributed by atoms with Crippen LogP contribution in [0.25, 0.3) is 0 Å². The maximum Gasteiger partial charge on any atom is 0.123 e. The van der Waals surface area contributed by atoms with E-state index >= 15 is 0 Å². The SMILES string of the molecule is CCC1(CC)CCN(Cc2cc(F)ccc2O)C1. The van der Waals surface area contributed by atoms with Gasteiger partial charge in [0.15, 0.2) is 0 Å². The number of nitrogens with zero attached hydrogens (tertiary/aromatic N) is 1. The summed E-state index contributed by atoms with van der Waals surface area (Å²) >= 11 is 0. The highest BCUT2D eigenvalue weighted by Crippen LogP contribution is 2.38. The van der Waals surface area contributed by atoms with Gasteiger partial charge in [-0.2, -0.15) is 0 Å². The van der Waals surface area contributed by atoms with Gasteiger partial charge in [0.05, 0.1) is 0 Å². The van der Waals surface area contributed by atoms with Crippen LogP contribution < -0.4 is 0 Å². The summed E-state index contributed by atoms with van der Waals surface area (Å²) in [5.74, 6) is -0.0823. The molecule has 0 spiro atoms. The fourth-order valence-corrected chi connectivity index (χ4v) is 2.91. The topological polar surface area (TPSA) is 23.5 Å².